The number of hydrogen-bond donors (Lipinski definition) is 3. The topological polar surface area (TPSA) is 81.1 Å². The van der Waals surface area contributed by atoms with E-state index in [1.54, 1.807) is 12.1 Å². The van der Waals surface area contributed by atoms with Crippen LogP contribution in [0.2, 0.25) is 0 Å². The van der Waals surface area contributed by atoms with E-state index >= 15 is 0 Å². The van der Waals surface area contributed by atoms with Crippen LogP contribution in [-0.2, 0) is 0 Å². The zero-order valence-electron chi connectivity index (χ0n) is 6.79. The summed E-state index contributed by atoms with van der Waals surface area (Å²) in [6.45, 7) is 1.88. The SMILES string of the molecule is Cc1ccc(N)c(C(=O)NN)c1. The first-order valence-electron chi connectivity index (χ1n) is 3.52. The van der Waals surface area contributed by atoms with Gasteiger partial charge in [-0.15, -0.1) is 0 Å². The predicted octanol–water partition coefficient (Wildman–Crippen LogP) is 0.181. The van der Waals surface area contributed by atoms with Crippen molar-refractivity contribution in [1.82, 2.24) is 5.43 Å². The monoisotopic (exact) mass is 165 g/mol. The maximum Gasteiger partial charge on any atom is 0.267 e. The van der Waals surface area contributed by atoms with Gasteiger partial charge in [-0.3, -0.25) is 10.2 Å². The maximum atomic E-state index is 11.1. The molecule has 1 aromatic rings. The van der Waals surface area contributed by atoms with Crippen LogP contribution in [0.25, 0.3) is 0 Å². The van der Waals surface area contributed by atoms with Crippen molar-refractivity contribution in [2.45, 2.75) is 6.92 Å². The lowest BCUT2D eigenvalue weighted by atomic mass is 10.1. The summed E-state index contributed by atoms with van der Waals surface area (Å²) in [4.78, 5) is 11.1. The van der Waals surface area contributed by atoms with Crippen molar-refractivity contribution in [2.24, 2.45) is 5.84 Å². The Labute approximate surface area is 70.5 Å². The zero-order chi connectivity index (χ0) is 9.14. The fourth-order valence-electron chi connectivity index (χ4n) is 0.945. The molecule has 5 N–H and O–H groups in total. The normalized spacial score (nSPS) is 9.50. The molecule has 0 aliphatic heterocycles. The molecule has 0 atom stereocenters. The number of carbonyl (C=O) groups excluding carboxylic acids is 1. The summed E-state index contributed by atoms with van der Waals surface area (Å²) in [6.07, 6.45) is 0. The quantitative estimate of drug-likeness (QED) is 0.240. The van der Waals surface area contributed by atoms with Gasteiger partial charge in [-0.05, 0) is 19.1 Å². The van der Waals surface area contributed by atoms with Gasteiger partial charge in [0, 0.05) is 5.69 Å². The lowest BCUT2D eigenvalue weighted by Crippen LogP contribution is -2.30. The number of nitrogens with one attached hydrogen (secondary N) is 1. The predicted molar refractivity (Wildman–Crippen MR) is 47.2 cm³/mol. The highest BCUT2D eigenvalue weighted by atomic mass is 16.2. The highest BCUT2D eigenvalue weighted by Crippen LogP contribution is 2.12. The third-order valence-electron chi connectivity index (χ3n) is 1.58. The summed E-state index contributed by atoms with van der Waals surface area (Å²) in [5, 5.41) is 0. The molecule has 0 aliphatic rings. The van der Waals surface area contributed by atoms with Gasteiger partial charge in [0.2, 0.25) is 0 Å². The Morgan fingerprint density at radius 2 is 2.17 bits per heavy atom. The van der Waals surface area contributed by atoms with Gasteiger partial charge < -0.3 is 5.73 Å². The minimum atomic E-state index is -0.365. The molecule has 0 radical (unpaired) electrons. The summed E-state index contributed by atoms with van der Waals surface area (Å²) >= 11 is 0. The van der Waals surface area contributed by atoms with E-state index in [2.05, 4.69) is 0 Å². The molecule has 0 bridgehead atoms. The van der Waals surface area contributed by atoms with Crippen molar-refractivity contribution < 1.29 is 4.79 Å². The van der Waals surface area contributed by atoms with Gasteiger partial charge in [-0.2, -0.15) is 0 Å². The Morgan fingerprint density at radius 1 is 1.50 bits per heavy atom. The number of anilines is 1. The molecule has 12 heavy (non-hydrogen) atoms. The van der Waals surface area contributed by atoms with Crippen LogP contribution in [0.15, 0.2) is 18.2 Å². The van der Waals surface area contributed by atoms with E-state index < -0.39 is 0 Å². The first-order valence-corrected chi connectivity index (χ1v) is 3.52. The van der Waals surface area contributed by atoms with E-state index in [1.807, 2.05) is 18.4 Å². The number of nitrogen functional groups attached to an aromatic ring is 2. The third kappa shape index (κ3) is 1.54. The van der Waals surface area contributed by atoms with Crippen LogP contribution in [0.5, 0.6) is 0 Å². The molecular formula is C8H11N3O. The molecule has 0 spiro atoms. The highest BCUT2D eigenvalue weighted by Gasteiger charge is 2.06. The van der Waals surface area contributed by atoms with Gasteiger partial charge in [-0.25, -0.2) is 5.84 Å². The van der Waals surface area contributed by atoms with Gasteiger partial charge in [0.1, 0.15) is 0 Å². The highest BCUT2D eigenvalue weighted by molar-refractivity contribution is 5.98. The van der Waals surface area contributed by atoms with Crippen LogP contribution < -0.4 is 17.0 Å². The Morgan fingerprint density at radius 3 is 2.75 bits per heavy atom. The summed E-state index contributed by atoms with van der Waals surface area (Å²) in [5.74, 6) is 4.60. The zero-order valence-corrected chi connectivity index (χ0v) is 6.79. The van der Waals surface area contributed by atoms with Gasteiger partial charge >= 0.3 is 0 Å². The second kappa shape index (κ2) is 3.23. The first kappa shape index (κ1) is 8.55. The first-order chi connectivity index (χ1) is 5.65. The molecule has 64 valence electrons. The van der Waals surface area contributed by atoms with Crippen molar-refractivity contribution in [3.8, 4) is 0 Å². The van der Waals surface area contributed by atoms with Crippen molar-refractivity contribution in [2.75, 3.05) is 5.73 Å². The molecule has 0 saturated carbocycles. The fraction of sp³-hybridized carbons (Fsp3) is 0.125. The largest absolute Gasteiger partial charge is 0.398 e. The Balaban J connectivity index is 3.13. The van der Waals surface area contributed by atoms with Crippen molar-refractivity contribution in [1.29, 1.82) is 0 Å². The van der Waals surface area contributed by atoms with Crippen LogP contribution in [0.4, 0.5) is 5.69 Å². The Kier molecular flexibility index (Phi) is 2.30. The standard InChI is InChI=1S/C8H11N3O/c1-5-2-3-7(9)6(4-5)8(12)11-10/h2-4H,9-10H2,1H3,(H,11,12). The lowest BCUT2D eigenvalue weighted by molar-refractivity contribution is 0.0954. The second-order valence-electron chi connectivity index (χ2n) is 2.56. The minimum Gasteiger partial charge on any atom is -0.398 e. The molecular weight excluding hydrogens is 154 g/mol. The number of aryl methyl sites for hydroxylation is 1. The lowest BCUT2D eigenvalue weighted by Gasteiger charge is -2.04. The van der Waals surface area contributed by atoms with Crippen molar-refractivity contribution >= 4 is 11.6 Å². The molecule has 0 unspecified atom stereocenters. The van der Waals surface area contributed by atoms with Gasteiger partial charge in [-0.1, -0.05) is 11.6 Å². The number of carbonyl (C=O) groups is 1. The molecule has 0 aliphatic carbocycles. The summed E-state index contributed by atoms with van der Waals surface area (Å²) in [7, 11) is 0. The van der Waals surface area contributed by atoms with E-state index in [4.69, 9.17) is 11.6 Å². The Hall–Kier alpha value is -1.55. The molecule has 0 aromatic heterocycles. The summed E-state index contributed by atoms with van der Waals surface area (Å²) in [5.41, 5.74) is 9.40. The molecule has 1 rings (SSSR count). The van der Waals surface area contributed by atoms with E-state index in [9.17, 15) is 4.79 Å². The Bertz CT molecular complexity index is 309. The number of nitrogens with two attached hydrogens (primary N) is 2. The number of rotatable bonds is 1. The van der Waals surface area contributed by atoms with E-state index in [0.717, 1.165) is 5.56 Å². The molecule has 4 heteroatoms. The van der Waals surface area contributed by atoms with Crippen molar-refractivity contribution in [3.05, 3.63) is 29.3 Å². The van der Waals surface area contributed by atoms with Gasteiger partial charge in [0.15, 0.2) is 0 Å². The van der Waals surface area contributed by atoms with Crippen LogP contribution in [-0.4, -0.2) is 5.91 Å². The molecule has 4 nitrogen and oxygen atoms in total. The summed E-state index contributed by atoms with van der Waals surface area (Å²) in [6, 6.07) is 5.21. The number of hydrogen-bond acceptors (Lipinski definition) is 3. The molecule has 0 heterocycles. The average molecular weight is 165 g/mol. The minimum absolute atomic E-state index is 0.365. The number of amides is 1. The van der Waals surface area contributed by atoms with Gasteiger partial charge in [0.25, 0.3) is 5.91 Å². The van der Waals surface area contributed by atoms with E-state index in [0.29, 0.717) is 11.3 Å². The van der Waals surface area contributed by atoms with E-state index in [1.165, 1.54) is 0 Å². The number of hydrazine groups is 1. The third-order valence-corrected chi connectivity index (χ3v) is 1.58. The average Bonchev–Trinajstić information content (AvgIpc) is 2.08. The van der Waals surface area contributed by atoms with E-state index in [-0.39, 0.29) is 5.91 Å². The smallest absolute Gasteiger partial charge is 0.267 e. The second-order valence-corrected chi connectivity index (χ2v) is 2.56. The van der Waals surface area contributed by atoms with Crippen LogP contribution in [0.1, 0.15) is 15.9 Å². The van der Waals surface area contributed by atoms with Crippen LogP contribution in [0, 0.1) is 6.92 Å². The number of benzene rings is 1. The van der Waals surface area contributed by atoms with Gasteiger partial charge in [0.05, 0.1) is 5.56 Å². The molecule has 1 aromatic carbocycles. The van der Waals surface area contributed by atoms with Crippen LogP contribution in [0.3, 0.4) is 0 Å². The molecule has 0 saturated heterocycles. The maximum absolute atomic E-state index is 11.1. The molecule has 0 fully saturated rings. The van der Waals surface area contributed by atoms with Crippen LogP contribution >= 0.6 is 0 Å². The molecule has 1 amide bonds. The van der Waals surface area contributed by atoms with Crippen molar-refractivity contribution in [3.63, 3.8) is 0 Å². The summed E-state index contributed by atoms with van der Waals surface area (Å²) < 4.78 is 0. The fourth-order valence-corrected chi connectivity index (χ4v) is 0.945.